The van der Waals surface area contributed by atoms with Crippen molar-refractivity contribution in [3.05, 3.63) is 102 Å². The highest BCUT2D eigenvalue weighted by atomic mass is 19.1. The van der Waals surface area contributed by atoms with E-state index < -0.39 is 17.8 Å². The third-order valence-corrected chi connectivity index (χ3v) is 17.6. The van der Waals surface area contributed by atoms with E-state index in [1.807, 2.05) is 87.1 Å². The van der Waals surface area contributed by atoms with E-state index in [2.05, 4.69) is 42.5 Å². The lowest BCUT2D eigenvalue weighted by Crippen LogP contribution is -2.51. The Morgan fingerprint density at radius 2 is 1.70 bits per heavy atom. The van der Waals surface area contributed by atoms with Crippen LogP contribution in [0.2, 0.25) is 0 Å². The van der Waals surface area contributed by atoms with Crippen LogP contribution in [0.3, 0.4) is 0 Å². The number of aromatic nitrogens is 6. The zero-order valence-corrected chi connectivity index (χ0v) is 46.1. The van der Waals surface area contributed by atoms with Crippen LogP contribution in [0, 0.1) is 23.6 Å². The molecule has 3 N–H and O–H groups in total. The standard InChI is InChI=1S/C61H73FN12O5/c1-6-40-9-7-10-43-28-46(75)29-47(54(40)43)56-55(62)57-48(31-63-56)58(73-34-44-16-17-45(35-73)66-44)68-61(67-57)78-26-25-71-23-19-38(20-24-71)27-39-32-72(33-39)52-30-51(79-69-52)53(36(2)3)60(77)74-22-8-11-50(74)59(76)65-37(4)41-12-14-42(15-13-41)49-18-21-64-70(49)5/h7,9-10,12-15,18,21,28-31,36-39,44-45,50,53,66,75H,6,8,11,16-17,19-20,22-27,32-35H2,1-5H3,(H,65,76). The zero-order valence-electron chi connectivity index (χ0n) is 46.1. The molecule has 0 radical (unpaired) electrons. The molecule has 0 aliphatic carbocycles. The Balaban J connectivity index is 0.636. The molecule has 7 aromatic rings. The summed E-state index contributed by atoms with van der Waals surface area (Å²) in [5, 5.41) is 28.6. The number of fused-ring (bicyclic) bond motifs is 4. The minimum atomic E-state index is -0.558. The summed E-state index contributed by atoms with van der Waals surface area (Å²) in [7, 11) is 1.92. The molecule has 3 aromatic carbocycles. The maximum absolute atomic E-state index is 17.1. The monoisotopic (exact) mass is 1070 g/mol. The van der Waals surface area contributed by atoms with Crippen molar-refractivity contribution in [3.8, 4) is 34.3 Å². The Morgan fingerprint density at radius 1 is 0.911 bits per heavy atom. The number of nitrogens with one attached hydrogen (secondary N) is 2. The largest absolute Gasteiger partial charge is 0.508 e. The van der Waals surface area contributed by atoms with Crippen LogP contribution < -0.4 is 25.2 Å². The number of pyridine rings is 1. The quantitative estimate of drug-likeness (QED) is 0.0787. The molecule has 414 valence electrons. The van der Waals surface area contributed by atoms with Gasteiger partial charge in [-0.3, -0.25) is 24.2 Å². The van der Waals surface area contributed by atoms with Gasteiger partial charge in [-0.1, -0.05) is 68.4 Å². The minimum absolute atomic E-state index is 0.0487. The number of hydrogen-bond acceptors (Lipinski definition) is 14. The van der Waals surface area contributed by atoms with Gasteiger partial charge in [-0.2, -0.15) is 15.1 Å². The van der Waals surface area contributed by atoms with Crippen molar-refractivity contribution in [3.63, 3.8) is 0 Å². The maximum atomic E-state index is 17.1. The minimum Gasteiger partial charge on any atom is -0.508 e. The highest BCUT2D eigenvalue weighted by molar-refractivity contribution is 6.02. The molecular weight excluding hydrogens is 1000 g/mol. The van der Waals surface area contributed by atoms with Crippen molar-refractivity contribution in [1.82, 2.24) is 50.3 Å². The number of carbonyl (C=O) groups is 2. The summed E-state index contributed by atoms with van der Waals surface area (Å²) in [5.74, 6) is 1.77. The SMILES string of the molecule is CCc1cccc2cc(O)cc(-c3ncc4c(N5CC6CCC(C5)N6)nc(OCCN5CCC(CC6CN(c7cc(C(C(=O)N8CCCC8C(=O)NC(C)c8ccc(-c9ccnn9C)cc8)C(C)C)on7)C6)CC5)nc4c3F)c12. The number of piperidine rings is 1. The molecule has 5 unspecified atom stereocenters. The topological polar surface area (TPSA) is 183 Å². The zero-order chi connectivity index (χ0) is 54.5. The predicted molar refractivity (Wildman–Crippen MR) is 302 cm³/mol. The number of phenolic OH excluding ortho intramolecular Hbond substituents is 1. The van der Waals surface area contributed by atoms with E-state index in [1.54, 1.807) is 29.4 Å². The summed E-state index contributed by atoms with van der Waals surface area (Å²) in [5.41, 5.74) is 4.94. The fourth-order valence-corrected chi connectivity index (χ4v) is 13.3. The van der Waals surface area contributed by atoms with Gasteiger partial charge in [0.2, 0.25) is 11.8 Å². The predicted octanol–water partition coefficient (Wildman–Crippen LogP) is 8.81. The summed E-state index contributed by atoms with van der Waals surface area (Å²) in [6.07, 6.45) is 11.1. The lowest BCUT2D eigenvalue weighted by atomic mass is 9.83. The van der Waals surface area contributed by atoms with Gasteiger partial charge in [0.05, 0.1) is 17.1 Å². The molecule has 0 saturated carbocycles. The maximum Gasteiger partial charge on any atom is 0.319 e. The Morgan fingerprint density at radius 3 is 2.43 bits per heavy atom. The second-order valence-electron chi connectivity index (χ2n) is 23.2. The van der Waals surface area contributed by atoms with Gasteiger partial charge in [0, 0.05) is 82.4 Å². The number of hydrogen-bond donors (Lipinski definition) is 3. The fraction of sp³-hybridized carbons (Fsp3) is 0.492. The number of aromatic hydroxyl groups is 1. The number of rotatable bonds is 17. The Kier molecular flexibility index (Phi) is 14.7. The lowest BCUT2D eigenvalue weighted by Gasteiger charge is -2.42. The van der Waals surface area contributed by atoms with Crippen LogP contribution in [0.25, 0.3) is 44.2 Å². The van der Waals surface area contributed by atoms with Crippen LogP contribution in [0.4, 0.5) is 16.0 Å². The highest BCUT2D eigenvalue weighted by Gasteiger charge is 2.42. The first-order valence-corrected chi connectivity index (χ1v) is 28.7. The summed E-state index contributed by atoms with van der Waals surface area (Å²) < 4.78 is 31.3. The lowest BCUT2D eigenvalue weighted by molar-refractivity contribution is -0.141. The van der Waals surface area contributed by atoms with Crippen molar-refractivity contribution in [2.45, 2.75) is 109 Å². The Bertz CT molecular complexity index is 3340. The van der Waals surface area contributed by atoms with E-state index in [-0.39, 0.29) is 46.7 Å². The number of ether oxygens (including phenoxy) is 1. The van der Waals surface area contributed by atoms with E-state index in [9.17, 15) is 14.7 Å². The van der Waals surface area contributed by atoms with Gasteiger partial charge >= 0.3 is 6.01 Å². The van der Waals surface area contributed by atoms with Gasteiger partial charge in [-0.15, -0.1) is 0 Å². The number of carbonyl (C=O) groups excluding carboxylic acids is 2. The number of likely N-dealkylation sites (tertiary alicyclic amines) is 2. The first kappa shape index (κ1) is 52.5. The van der Waals surface area contributed by atoms with Gasteiger partial charge in [0.15, 0.2) is 17.4 Å². The molecular formula is C61H73FN12O5. The second kappa shape index (κ2) is 22.2. The molecule has 18 heteroatoms. The summed E-state index contributed by atoms with van der Waals surface area (Å²) in [6, 6.07) is 21.3. The number of anilines is 2. The van der Waals surface area contributed by atoms with Gasteiger partial charge in [0.25, 0.3) is 0 Å². The average molecular weight is 1070 g/mol. The summed E-state index contributed by atoms with van der Waals surface area (Å²) >= 11 is 0. The molecule has 12 rings (SSSR count). The van der Waals surface area contributed by atoms with E-state index in [0.29, 0.717) is 72.6 Å². The number of benzene rings is 3. The van der Waals surface area contributed by atoms with Crippen molar-refractivity contribution >= 4 is 45.1 Å². The Hall–Kier alpha value is -7.18. The smallest absolute Gasteiger partial charge is 0.319 e. The van der Waals surface area contributed by atoms with Gasteiger partial charge in [-0.05, 0) is 135 Å². The Labute approximate surface area is 460 Å². The third-order valence-electron chi connectivity index (χ3n) is 17.6. The fourth-order valence-electron chi connectivity index (χ4n) is 13.3. The molecule has 9 heterocycles. The number of phenols is 1. The van der Waals surface area contributed by atoms with Crippen molar-refractivity contribution in [1.29, 1.82) is 0 Å². The van der Waals surface area contributed by atoms with Crippen LogP contribution in [0.15, 0.2) is 83.6 Å². The number of aryl methyl sites for hydroxylation is 2. The number of piperazine rings is 1. The highest BCUT2D eigenvalue weighted by Crippen LogP contribution is 2.40. The third kappa shape index (κ3) is 10.6. The molecule has 5 atom stereocenters. The van der Waals surface area contributed by atoms with Crippen LogP contribution >= 0.6 is 0 Å². The van der Waals surface area contributed by atoms with Crippen molar-refractivity contribution in [2.24, 2.45) is 24.8 Å². The van der Waals surface area contributed by atoms with Crippen molar-refractivity contribution < 1.29 is 28.3 Å². The molecule has 2 amide bonds. The summed E-state index contributed by atoms with van der Waals surface area (Å²) in [6.45, 7) is 14.9. The summed E-state index contributed by atoms with van der Waals surface area (Å²) in [4.78, 5) is 51.2. The van der Waals surface area contributed by atoms with Crippen LogP contribution in [0.5, 0.6) is 11.8 Å². The van der Waals surface area contributed by atoms with Gasteiger partial charge < -0.3 is 39.7 Å². The van der Waals surface area contributed by atoms with Gasteiger partial charge in [0.1, 0.15) is 41.3 Å². The first-order valence-electron chi connectivity index (χ1n) is 28.7. The van der Waals surface area contributed by atoms with Crippen LogP contribution in [0.1, 0.15) is 101 Å². The van der Waals surface area contributed by atoms with Crippen LogP contribution in [-0.4, -0.2) is 134 Å². The van der Waals surface area contributed by atoms with Gasteiger partial charge in [-0.25, -0.2) is 4.39 Å². The molecule has 79 heavy (non-hydrogen) atoms. The van der Waals surface area contributed by atoms with E-state index in [0.717, 1.165) is 123 Å². The molecule has 17 nitrogen and oxygen atoms in total. The van der Waals surface area contributed by atoms with E-state index in [4.69, 9.17) is 24.2 Å². The first-order chi connectivity index (χ1) is 38.3. The number of amides is 2. The molecule has 5 saturated heterocycles. The molecule has 5 aliphatic rings. The normalized spacial score (nSPS) is 20.8. The van der Waals surface area contributed by atoms with E-state index >= 15 is 4.39 Å². The van der Waals surface area contributed by atoms with E-state index in [1.165, 1.54) is 0 Å². The molecule has 5 aliphatic heterocycles. The number of halogens is 1. The van der Waals surface area contributed by atoms with Crippen LogP contribution in [-0.2, 0) is 23.1 Å². The number of nitrogens with zero attached hydrogens (tertiary/aromatic N) is 10. The average Bonchev–Trinajstić information content (AvgIpc) is 4.43. The van der Waals surface area contributed by atoms with Crippen molar-refractivity contribution in [2.75, 3.05) is 68.8 Å². The molecule has 4 aromatic heterocycles. The molecule has 5 fully saturated rings. The molecule has 0 spiro atoms. The molecule has 2 bridgehead atoms. The second-order valence-corrected chi connectivity index (χ2v) is 23.2.